The molecular weight excluding hydrogens is 286 g/mol. The number of carbonyl (C=O) groups excluding carboxylic acids is 1. The molecule has 7 heteroatoms. The van der Waals surface area contributed by atoms with Crippen LogP contribution in [0.2, 0.25) is 0 Å². The van der Waals surface area contributed by atoms with Crippen molar-refractivity contribution < 1.29 is 14.8 Å². The van der Waals surface area contributed by atoms with Gasteiger partial charge in [0.2, 0.25) is 5.91 Å². The minimum Gasteiger partial charge on any atom is -0.395 e. The Morgan fingerprint density at radius 1 is 1.41 bits per heavy atom. The Labute approximate surface area is 128 Å². The lowest BCUT2D eigenvalue weighted by atomic mass is 10.1. The number of benzene rings is 1. The molecule has 0 radical (unpaired) electrons. The highest BCUT2D eigenvalue weighted by Crippen LogP contribution is 2.32. The molecule has 118 valence electrons. The van der Waals surface area contributed by atoms with Crippen LogP contribution in [0.3, 0.4) is 0 Å². The van der Waals surface area contributed by atoms with E-state index in [1.807, 2.05) is 4.90 Å². The molecule has 22 heavy (non-hydrogen) atoms. The highest BCUT2D eigenvalue weighted by atomic mass is 16.6. The average Bonchev–Trinajstić information content (AvgIpc) is 3.12. The van der Waals surface area contributed by atoms with Crippen molar-refractivity contribution in [1.82, 2.24) is 4.90 Å². The van der Waals surface area contributed by atoms with Gasteiger partial charge in [0.1, 0.15) is 0 Å². The lowest BCUT2D eigenvalue weighted by molar-refractivity contribution is -0.384. The van der Waals surface area contributed by atoms with E-state index in [1.165, 1.54) is 12.1 Å². The number of carbonyl (C=O) groups is 1. The molecular formula is C15H19N3O4. The number of likely N-dealkylation sites (tertiary alicyclic amines) is 1. The second-order valence-electron chi connectivity index (χ2n) is 5.81. The standard InChI is InChI=1S/C15H19N3O4/c19-10-13-2-1-6-16(13)9-15(20)17-7-5-11-3-4-12(18(21)22)8-14(11)17/h3-4,8,13,19H,1-2,5-7,9-10H2/t13-/m1/s1. The van der Waals surface area contributed by atoms with Gasteiger partial charge in [0, 0.05) is 24.7 Å². The molecule has 0 aliphatic carbocycles. The van der Waals surface area contributed by atoms with Crippen molar-refractivity contribution >= 4 is 17.3 Å². The predicted molar refractivity (Wildman–Crippen MR) is 80.8 cm³/mol. The summed E-state index contributed by atoms with van der Waals surface area (Å²) < 4.78 is 0. The molecule has 1 aromatic carbocycles. The van der Waals surface area contributed by atoms with Crippen molar-refractivity contribution in [1.29, 1.82) is 0 Å². The van der Waals surface area contributed by atoms with Crippen LogP contribution in [0.4, 0.5) is 11.4 Å². The van der Waals surface area contributed by atoms with Crippen molar-refractivity contribution in [3.63, 3.8) is 0 Å². The third-order valence-electron chi connectivity index (χ3n) is 4.52. The molecule has 1 N–H and O–H groups in total. The zero-order valence-electron chi connectivity index (χ0n) is 12.3. The molecule has 2 aliphatic heterocycles. The summed E-state index contributed by atoms with van der Waals surface area (Å²) in [7, 11) is 0. The number of nitro groups is 1. The van der Waals surface area contributed by atoms with Crippen LogP contribution >= 0.6 is 0 Å². The number of rotatable bonds is 4. The lowest BCUT2D eigenvalue weighted by Crippen LogP contribution is -2.42. The van der Waals surface area contributed by atoms with Crippen LogP contribution in [-0.2, 0) is 11.2 Å². The Hall–Kier alpha value is -1.99. The molecule has 0 saturated carbocycles. The Kier molecular flexibility index (Phi) is 4.08. The van der Waals surface area contributed by atoms with Crippen molar-refractivity contribution in [2.24, 2.45) is 0 Å². The van der Waals surface area contributed by atoms with Crippen molar-refractivity contribution in [2.75, 3.05) is 31.1 Å². The molecule has 1 fully saturated rings. The maximum Gasteiger partial charge on any atom is 0.271 e. The molecule has 0 unspecified atom stereocenters. The normalized spacial score (nSPS) is 21.1. The van der Waals surface area contributed by atoms with Gasteiger partial charge in [-0.1, -0.05) is 6.07 Å². The predicted octanol–water partition coefficient (Wildman–Crippen LogP) is 0.941. The van der Waals surface area contributed by atoms with E-state index in [0.717, 1.165) is 31.4 Å². The first-order valence-corrected chi connectivity index (χ1v) is 7.52. The van der Waals surface area contributed by atoms with Crippen LogP contribution in [0.1, 0.15) is 18.4 Å². The molecule has 1 amide bonds. The van der Waals surface area contributed by atoms with Gasteiger partial charge >= 0.3 is 0 Å². The van der Waals surface area contributed by atoms with Crippen LogP contribution in [0, 0.1) is 10.1 Å². The highest BCUT2D eigenvalue weighted by molar-refractivity contribution is 5.97. The maximum atomic E-state index is 12.5. The number of hydrogen-bond donors (Lipinski definition) is 1. The number of nitrogens with zero attached hydrogens (tertiary/aromatic N) is 3. The van der Waals surface area contributed by atoms with E-state index < -0.39 is 4.92 Å². The fraction of sp³-hybridized carbons (Fsp3) is 0.533. The van der Waals surface area contributed by atoms with Gasteiger partial charge < -0.3 is 10.0 Å². The minimum absolute atomic E-state index is 0.00728. The number of anilines is 1. The lowest BCUT2D eigenvalue weighted by Gasteiger charge is -2.25. The number of fused-ring (bicyclic) bond motifs is 1. The van der Waals surface area contributed by atoms with E-state index in [2.05, 4.69) is 0 Å². The van der Waals surface area contributed by atoms with Gasteiger partial charge in [-0.05, 0) is 31.4 Å². The quantitative estimate of drug-likeness (QED) is 0.661. The SMILES string of the molecule is O=C(CN1CCC[C@@H]1CO)N1CCc2ccc([N+](=O)[O-])cc21. The van der Waals surface area contributed by atoms with E-state index in [-0.39, 0.29) is 30.8 Å². The van der Waals surface area contributed by atoms with E-state index in [0.29, 0.717) is 12.2 Å². The number of aliphatic hydroxyl groups is 1. The van der Waals surface area contributed by atoms with Crippen molar-refractivity contribution in [2.45, 2.75) is 25.3 Å². The number of nitro benzene ring substituents is 1. The highest BCUT2D eigenvalue weighted by Gasteiger charge is 2.31. The largest absolute Gasteiger partial charge is 0.395 e. The zero-order chi connectivity index (χ0) is 15.7. The minimum atomic E-state index is -0.441. The smallest absolute Gasteiger partial charge is 0.271 e. The number of hydrogen-bond acceptors (Lipinski definition) is 5. The Morgan fingerprint density at radius 3 is 2.95 bits per heavy atom. The topological polar surface area (TPSA) is 86.9 Å². The summed E-state index contributed by atoms with van der Waals surface area (Å²) in [5.41, 5.74) is 1.63. The fourth-order valence-electron chi connectivity index (χ4n) is 3.31. The molecule has 1 aromatic rings. The molecule has 2 aliphatic rings. The number of amides is 1. The molecule has 1 atom stereocenters. The van der Waals surface area contributed by atoms with E-state index >= 15 is 0 Å². The van der Waals surface area contributed by atoms with Gasteiger partial charge in [0.05, 0.1) is 23.8 Å². The molecule has 3 rings (SSSR count). The van der Waals surface area contributed by atoms with E-state index in [1.54, 1.807) is 11.0 Å². The van der Waals surface area contributed by atoms with Gasteiger partial charge in [0.25, 0.3) is 5.69 Å². The first-order chi connectivity index (χ1) is 10.6. The molecule has 7 nitrogen and oxygen atoms in total. The second-order valence-corrected chi connectivity index (χ2v) is 5.81. The summed E-state index contributed by atoms with van der Waals surface area (Å²) in [5.74, 6) is -0.0559. The summed E-state index contributed by atoms with van der Waals surface area (Å²) in [4.78, 5) is 26.6. The number of aliphatic hydroxyl groups excluding tert-OH is 1. The Balaban J connectivity index is 1.76. The molecule has 0 spiro atoms. The summed E-state index contributed by atoms with van der Waals surface area (Å²) in [6, 6.07) is 4.74. The summed E-state index contributed by atoms with van der Waals surface area (Å²) >= 11 is 0. The van der Waals surface area contributed by atoms with Gasteiger partial charge in [-0.25, -0.2) is 0 Å². The fourth-order valence-corrected chi connectivity index (χ4v) is 3.31. The first kappa shape index (κ1) is 14.9. The number of non-ortho nitro benzene ring substituents is 1. The van der Waals surface area contributed by atoms with Gasteiger partial charge in [-0.3, -0.25) is 19.8 Å². The van der Waals surface area contributed by atoms with Crippen LogP contribution in [0.15, 0.2) is 18.2 Å². The van der Waals surface area contributed by atoms with Gasteiger partial charge in [0.15, 0.2) is 0 Å². The average molecular weight is 305 g/mol. The molecule has 1 saturated heterocycles. The first-order valence-electron chi connectivity index (χ1n) is 7.52. The molecule has 0 bridgehead atoms. The van der Waals surface area contributed by atoms with E-state index in [4.69, 9.17) is 0 Å². The third kappa shape index (κ3) is 2.69. The van der Waals surface area contributed by atoms with Gasteiger partial charge in [-0.2, -0.15) is 0 Å². The van der Waals surface area contributed by atoms with Crippen LogP contribution in [0.25, 0.3) is 0 Å². The van der Waals surface area contributed by atoms with Crippen molar-refractivity contribution in [3.05, 3.63) is 33.9 Å². The Morgan fingerprint density at radius 2 is 2.23 bits per heavy atom. The monoisotopic (exact) mass is 305 g/mol. The maximum absolute atomic E-state index is 12.5. The van der Waals surface area contributed by atoms with Crippen LogP contribution in [0.5, 0.6) is 0 Å². The summed E-state index contributed by atoms with van der Waals surface area (Å²) in [6.45, 7) is 1.70. The Bertz CT molecular complexity index is 604. The third-order valence-corrected chi connectivity index (χ3v) is 4.52. The van der Waals surface area contributed by atoms with Crippen molar-refractivity contribution in [3.8, 4) is 0 Å². The molecule has 0 aromatic heterocycles. The molecule has 2 heterocycles. The van der Waals surface area contributed by atoms with E-state index in [9.17, 15) is 20.0 Å². The second kappa shape index (κ2) is 6.02. The van der Waals surface area contributed by atoms with Gasteiger partial charge in [-0.15, -0.1) is 0 Å². The van der Waals surface area contributed by atoms with Crippen LogP contribution in [-0.4, -0.2) is 53.1 Å². The van der Waals surface area contributed by atoms with Crippen LogP contribution < -0.4 is 4.90 Å². The summed E-state index contributed by atoms with van der Waals surface area (Å²) in [6.07, 6.45) is 2.62. The summed E-state index contributed by atoms with van der Waals surface area (Å²) in [5, 5.41) is 20.2. The zero-order valence-corrected chi connectivity index (χ0v) is 12.3.